The number of hydrogen-bond acceptors (Lipinski definition) is 5. The Balaban J connectivity index is 1.84. The lowest BCUT2D eigenvalue weighted by molar-refractivity contribution is -0.384. The van der Waals surface area contributed by atoms with Crippen molar-refractivity contribution in [2.75, 3.05) is 0 Å². The third-order valence-electron chi connectivity index (χ3n) is 4.63. The van der Waals surface area contributed by atoms with Crippen molar-refractivity contribution in [1.82, 2.24) is 9.55 Å². The molecule has 0 bridgehead atoms. The first kappa shape index (κ1) is 19.5. The van der Waals surface area contributed by atoms with E-state index in [0.29, 0.717) is 28.8 Å². The summed E-state index contributed by atoms with van der Waals surface area (Å²) in [6, 6.07) is 11.5. The summed E-state index contributed by atoms with van der Waals surface area (Å²) in [5.74, 6) is 0.547. The lowest BCUT2D eigenvalue weighted by Crippen LogP contribution is -1.94. The van der Waals surface area contributed by atoms with Gasteiger partial charge in [0.1, 0.15) is 5.75 Å². The number of phenolic OH excluding ortho intramolecular Hbond substituents is 1. The number of aliphatic imine (C=N–C) groups is 1. The van der Waals surface area contributed by atoms with E-state index in [-0.39, 0.29) is 11.4 Å². The molecule has 1 N–H and O–H groups in total. The highest BCUT2D eigenvalue weighted by Crippen LogP contribution is 2.32. The van der Waals surface area contributed by atoms with E-state index in [4.69, 9.17) is 0 Å². The number of phenols is 1. The molecule has 7 nitrogen and oxygen atoms in total. The average molecular weight is 518 g/mol. The minimum Gasteiger partial charge on any atom is -0.507 e. The fraction of sp³-hybridized carbons (Fsp3) is 0.100. The molecule has 0 spiro atoms. The van der Waals surface area contributed by atoms with Gasteiger partial charge in [-0.1, -0.05) is 6.07 Å². The zero-order chi connectivity index (χ0) is 20.7. The van der Waals surface area contributed by atoms with E-state index in [0.717, 1.165) is 20.0 Å². The smallest absolute Gasteiger partial charge is 0.270 e. The van der Waals surface area contributed by atoms with E-state index in [1.165, 1.54) is 18.2 Å². The van der Waals surface area contributed by atoms with E-state index in [9.17, 15) is 15.2 Å². The molecule has 0 saturated carbocycles. The van der Waals surface area contributed by atoms with Crippen molar-refractivity contribution in [3.8, 4) is 5.75 Å². The fourth-order valence-corrected chi connectivity index (χ4v) is 3.88. The lowest BCUT2D eigenvalue weighted by Gasteiger charge is -2.06. The molecule has 3 aromatic carbocycles. The highest BCUT2D eigenvalue weighted by molar-refractivity contribution is 9.13. The normalized spacial score (nSPS) is 11.7. The van der Waals surface area contributed by atoms with Crippen LogP contribution in [0.5, 0.6) is 5.75 Å². The maximum Gasteiger partial charge on any atom is 0.270 e. The topological polar surface area (TPSA) is 93.5 Å². The second kappa shape index (κ2) is 7.57. The van der Waals surface area contributed by atoms with Crippen molar-refractivity contribution in [2.45, 2.75) is 13.5 Å². The third-order valence-corrected chi connectivity index (χ3v) is 6.47. The van der Waals surface area contributed by atoms with Gasteiger partial charge in [-0.3, -0.25) is 10.1 Å². The number of benzene rings is 3. The molecule has 146 valence electrons. The predicted octanol–water partition coefficient (Wildman–Crippen LogP) is 6.10. The number of rotatable bonds is 4. The molecule has 1 aromatic heterocycles. The monoisotopic (exact) mass is 516 g/mol. The van der Waals surface area contributed by atoms with Gasteiger partial charge in [0, 0.05) is 39.4 Å². The van der Waals surface area contributed by atoms with Crippen LogP contribution in [0.15, 0.2) is 56.4 Å². The van der Waals surface area contributed by atoms with Gasteiger partial charge in [0.05, 0.1) is 16.0 Å². The van der Waals surface area contributed by atoms with Crippen LogP contribution in [-0.2, 0) is 6.54 Å². The van der Waals surface area contributed by atoms with Gasteiger partial charge in [-0.2, -0.15) is 0 Å². The molecule has 29 heavy (non-hydrogen) atoms. The maximum absolute atomic E-state index is 11.0. The number of halogens is 2. The first-order valence-corrected chi connectivity index (χ1v) is 10.3. The summed E-state index contributed by atoms with van der Waals surface area (Å²) in [5, 5.41) is 22.7. The zero-order valence-electron chi connectivity index (χ0n) is 15.1. The summed E-state index contributed by atoms with van der Waals surface area (Å²) in [6.45, 7) is 2.68. The fourth-order valence-electron chi connectivity index (χ4n) is 3.22. The van der Waals surface area contributed by atoms with Crippen molar-refractivity contribution >= 4 is 71.5 Å². The average Bonchev–Trinajstić information content (AvgIpc) is 3.03. The van der Waals surface area contributed by atoms with Gasteiger partial charge in [-0.15, -0.1) is 0 Å². The first-order valence-electron chi connectivity index (χ1n) is 8.68. The Bertz CT molecular complexity index is 1310. The summed E-state index contributed by atoms with van der Waals surface area (Å²) >= 11 is 6.99. The standard InChI is InChI=1S/C20H14Br2N4O3/c1-2-25-18-9-16(22)15(21)8-17(18)24-20(25)23-10-14-13-5-4-12(26(28)29)7-11(13)3-6-19(14)27/h3-10,27H,2H2,1H3. The van der Waals surface area contributed by atoms with Crippen LogP contribution in [0.1, 0.15) is 12.5 Å². The number of fused-ring (bicyclic) bond motifs is 2. The summed E-state index contributed by atoms with van der Waals surface area (Å²) in [6.07, 6.45) is 1.54. The molecule has 1 heterocycles. The molecule has 0 aliphatic carbocycles. The van der Waals surface area contributed by atoms with Crippen molar-refractivity contribution in [3.63, 3.8) is 0 Å². The number of imidazole rings is 1. The lowest BCUT2D eigenvalue weighted by atomic mass is 10.0. The molecule has 0 amide bonds. The minimum atomic E-state index is -0.445. The highest BCUT2D eigenvalue weighted by Gasteiger charge is 2.13. The van der Waals surface area contributed by atoms with Crippen LogP contribution >= 0.6 is 31.9 Å². The number of non-ortho nitro benzene ring substituents is 1. The summed E-state index contributed by atoms with van der Waals surface area (Å²) in [7, 11) is 0. The van der Waals surface area contributed by atoms with Crippen LogP contribution < -0.4 is 0 Å². The second-order valence-corrected chi connectivity index (χ2v) is 8.04. The Hall–Kier alpha value is -2.78. The van der Waals surface area contributed by atoms with Gasteiger partial charge >= 0.3 is 0 Å². The molecule has 0 aliphatic heterocycles. The predicted molar refractivity (Wildman–Crippen MR) is 120 cm³/mol. The number of nitro groups is 1. The van der Waals surface area contributed by atoms with Gasteiger partial charge in [0.25, 0.3) is 5.69 Å². The molecule has 9 heteroatoms. The second-order valence-electron chi connectivity index (χ2n) is 6.33. The molecule has 0 unspecified atom stereocenters. The number of aromatic hydroxyl groups is 1. The molecule has 4 rings (SSSR count). The number of aromatic nitrogens is 2. The molecule has 0 fully saturated rings. The summed E-state index contributed by atoms with van der Waals surface area (Å²) in [5.41, 5.74) is 2.21. The van der Waals surface area contributed by atoms with Crippen molar-refractivity contribution < 1.29 is 10.0 Å². The van der Waals surface area contributed by atoms with Gasteiger partial charge in [0.2, 0.25) is 5.95 Å². The number of nitrogens with zero attached hydrogens (tertiary/aromatic N) is 4. The zero-order valence-corrected chi connectivity index (χ0v) is 18.3. The molecule has 0 aliphatic rings. The largest absolute Gasteiger partial charge is 0.507 e. The van der Waals surface area contributed by atoms with E-state index < -0.39 is 4.92 Å². The SMILES string of the molecule is CCn1c(N=Cc2c(O)ccc3cc([N+](=O)[O-])ccc23)nc2cc(Br)c(Br)cc21. The van der Waals surface area contributed by atoms with E-state index in [2.05, 4.69) is 41.8 Å². The van der Waals surface area contributed by atoms with Crippen molar-refractivity contribution in [1.29, 1.82) is 0 Å². The van der Waals surface area contributed by atoms with Gasteiger partial charge in [-0.05, 0) is 73.8 Å². The van der Waals surface area contributed by atoms with Crippen LogP contribution in [0.2, 0.25) is 0 Å². The molecule has 0 atom stereocenters. The third kappa shape index (κ3) is 3.51. The molecular weight excluding hydrogens is 504 g/mol. The minimum absolute atomic E-state index is 0.00462. The Morgan fingerprint density at radius 3 is 2.69 bits per heavy atom. The van der Waals surface area contributed by atoms with E-state index in [1.807, 2.05) is 23.6 Å². The van der Waals surface area contributed by atoms with E-state index in [1.54, 1.807) is 18.3 Å². The Morgan fingerprint density at radius 1 is 1.21 bits per heavy atom. The van der Waals surface area contributed by atoms with Crippen LogP contribution in [0.4, 0.5) is 11.6 Å². The Labute approximate surface area is 182 Å². The maximum atomic E-state index is 11.0. The molecule has 4 aromatic rings. The van der Waals surface area contributed by atoms with Gasteiger partial charge < -0.3 is 9.67 Å². The van der Waals surface area contributed by atoms with Crippen LogP contribution in [-0.4, -0.2) is 25.8 Å². The quantitative estimate of drug-likeness (QED) is 0.201. The molecule has 0 radical (unpaired) electrons. The molecular formula is C20H14Br2N4O3. The Kier molecular flexibility index (Phi) is 5.10. The van der Waals surface area contributed by atoms with Crippen LogP contribution in [0.3, 0.4) is 0 Å². The molecule has 0 saturated heterocycles. The van der Waals surface area contributed by atoms with Crippen molar-refractivity contribution in [2.24, 2.45) is 4.99 Å². The van der Waals surface area contributed by atoms with Gasteiger partial charge in [-0.25, -0.2) is 9.98 Å². The Morgan fingerprint density at radius 2 is 1.97 bits per heavy atom. The van der Waals surface area contributed by atoms with E-state index >= 15 is 0 Å². The van der Waals surface area contributed by atoms with Crippen LogP contribution in [0, 0.1) is 10.1 Å². The van der Waals surface area contributed by atoms with Crippen molar-refractivity contribution in [3.05, 3.63) is 67.1 Å². The van der Waals surface area contributed by atoms with Crippen LogP contribution in [0.25, 0.3) is 21.8 Å². The van der Waals surface area contributed by atoms with Gasteiger partial charge in [0.15, 0.2) is 0 Å². The highest BCUT2D eigenvalue weighted by atomic mass is 79.9. The first-order chi connectivity index (χ1) is 13.9. The number of hydrogen-bond donors (Lipinski definition) is 1. The summed E-state index contributed by atoms with van der Waals surface area (Å²) < 4.78 is 3.79. The number of nitro benzene ring substituents is 1. The number of aryl methyl sites for hydroxylation is 1. The summed E-state index contributed by atoms with van der Waals surface area (Å²) in [4.78, 5) is 19.7.